The quantitative estimate of drug-likeness (QED) is 0.569. The van der Waals surface area contributed by atoms with Crippen LogP contribution < -0.4 is 5.56 Å². The second-order valence-corrected chi connectivity index (χ2v) is 5.46. The van der Waals surface area contributed by atoms with Crippen molar-refractivity contribution in [3.05, 3.63) is 82.5 Å². The van der Waals surface area contributed by atoms with Crippen molar-refractivity contribution in [2.24, 2.45) is 0 Å². The first-order valence-corrected chi connectivity index (χ1v) is 7.38. The maximum absolute atomic E-state index is 12.7. The van der Waals surface area contributed by atoms with Crippen LogP contribution in [0.2, 0.25) is 5.02 Å². The molecule has 5 nitrogen and oxygen atoms in total. The molecule has 0 N–H and O–H groups in total. The zero-order valence-electron chi connectivity index (χ0n) is 11.9. The number of halogens is 1. The van der Waals surface area contributed by atoms with Gasteiger partial charge in [0, 0.05) is 5.02 Å². The van der Waals surface area contributed by atoms with Crippen LogP contribution in [0.5, 0.6) is 0 Å². The summed E-state index contributed by atoms with van der Waals surface area (Å²) in [6, 6.07) is 16.6. The topological polar surface area (TPSA) is 52.7 Å². The fourth-order valence-corrected chi connectivity index (χ4v) is 2.58. The maximum atomic E-state index is 12.7. The van der Waals surface area contributed by atoms with Gasteiger partial charge in [-0.1, -0.05) is 29.8 Å². The summed E-state index contributed by atoms with van der Waals surface area (Å²) in [7, 11) is 0. The van der Waals surface area contributed by atoms with Gasteiger partial charge < -0.3 is 0 Å². The van der Waals surface area contributed by atoms with E-state index in [9.17, 15) is 4.79 Å². The van der Waals surface area contributed by atoms with E-state index in [0.29, 0.717) is 16.1 Å². The van der Waals surface area contributed by atoms with E-state index in [1.165, 1.54) is 10.9 Å². The maximum Gasteiger partial charge on any atom is 0.269 e. The Morgan fingerprint density at radius 2 is 1.65 bits per heavy atom. The third kappa shape index (κ3) is 2.31. The van der Waals surface area contributed by atoms with Crippen LogP contribution in [0.15, 0.2) is 71.9 Å². The Kier molecular flexibility index (Phi) is 3.20. The number of hydrogen-bond acceptors (Lipinski definition) is 3. The number of fused-ring (bicyclic) bond motifs is 1. The molecule has 2 heterocycles. The van der Waals surface area contributed by atoms with Crippen LogP contribution in [0.1, 0.15) is 0 Å². The molecule has 112 valence electrons. The molecule has 0 aliphatic heterocycles. The molecule has 2 aromatic carbocycles. The fraction of sp³-hybridized carbons (Fsp3) is 0. The second kappa shape index (κ2) is 5.37. The molecule has 0 unspecified atom stereocenters. The Morgan fingerprint density at radius 1 is 0.913 bits per heavy atom. The average Bonchev–Trinajstić information content (AvgIpc) is 3.02. The smallest absolute Gasteiger partial charge is 0.268 e. The van der Waals surface area contributed by atoms with Gasteiger partial charge >= 0.3 is 0 Å². The first-order chi connectivity index (χ1) is 11.2. The average molecular weight is 323 g/mol. The molecule has 0 fully saturated rings. The van der Waals surface area contributed by atoms with Crippen molar-refractivity contribution < 1.29 is 0 Å². The van der Waals surface area contributed by atoms with Gasteiger partial charge in [-0.3, -0.25) is 9.36 Å². The van der Waals surface area contributed by atoms with E-state index >= 15 is 0 Å². The summed E-state index contributed by atoms with van der Waals surface area (Å²) in [4.78, 5) is 17.1. The van der Waals surface area contributed by atoms with Gasteiger partial charge in [0.2, 0.25) is 0 Å². The summed E-state index contributed by atoms with van der Waals surface area (Å²) in [5, 5.41) is 5.40. The van der Waals surface area contributed by atoms with E-state index in [4.69, 9.17) is 11.6 Å². The molecular weight excluding hydrogens is 312 g/mol. The molecule has 0 saturated carbocycles. The van der Waals surface area contributed by atoms with E-state index in [-0.39, 0.29) is 5.56 Å². The van der Waals surface area contributed by atoms with Crippen LogP contribution in [-0.4, -0.2) is 19.3 Å². The Bertz CT molecular complexity index is 1040. The highest BCUT2D eigenvalue weighted by molar-refractivity contribution is 6.30. The highest BCUT2D eigenvalue weighted by Gasteiger charge is 2.12. The normalized spacial score (nSPS) is 11.0. The van der Waals surface area contributed by atoms with Gasteiger partial charge in [0.05, 0.1) is 17.6 Å². The third-order valence-electron chi connectivity index (χ3n) is 3.59. The molecule has 0 amide bonds. The van der Waals surface area contributed by atoms with Crippen molar-refractivity contribution in [1.82, 2.24) is 19.3 Å². The van der Waals surface area contributed by atoms with Crippen LogP contribution in [0.25, 0.3) is 22.4 Å². The highest BCUT2D eigenvalue weighted by Crippen LogP contribution is 2.17. The molecule has 0 spiro atoms. The summed E-state index contributed by atoms with van der Waals surface area (Å²) in [5.74, 6) is 0. The van der Waals surface area contributed by atoms with Crippen LogP contribution in [-0.2, 0) is 0 Å². The second-order valence-electron chi connectivity index (χ2n) is 5.03. The number of para-hydroxylation sites is 1. The van der Waals surface area contributed by atoms with Gasteiger partial charge in [0.25, 0.3) is 5.56 Å². The Balaban J connectivity index is 1.91. The number of benzene rings is 2. The molecule has 6 heteroatoms. The van der Waals surface area contributed by atoms with Gasteiger partial charge in [-0.15, -0.1) is 0 Å². The lowest BCUT2D eigenvalue weighted by atomic mass is 10.3. The molecule has 0 aliphatic carbocycles. The first-order valence-electron chi connectivity index (χ1n) is 7.01. The SMILES string of the molecule is O=c1c2cnn(-c3ccc(Cl)cc3)c2ncn1-c1ccccc1. The van der Waals surface area contributed by atoms with Crippen molar-refractivity contribution >= 4 is 22.6 Å². The Morgan fingerprint density at radius 3 is 2.39 bits per heavy atom. The van der Waals surface area contributed by atoms with Gasteiger partial charge in [0.1, 0.15) is 11.7 Å². The van der Waals surface area contributed by atoms with Gasteiger partial charge in [-0.05, 0) is 36.4 Å². The summed E-state index contributed by atoms with van der Waals surface area (Å²) in [5.41, 5.74) is 1.94. The predicted octanol–water partition coefficient (Wildman–Crippen LogP) is 3.22. The molecule has 0 aliphatic rings. The van der Waals surface area contributed by atoms with Crippen molar-refractivity contribution in [2.45, 2.75) is 0 Å². The molecule has 0 atom stereocenters. The van der Waals surface area contributed by atoms with Crippen molar-refractivity contribution in [3.63, 3.8) is 0 Å². The monoisotopic (exact) mass is 322 g/mol. The standard InChI is InChI=1S/C17H11ClN4O/c18-12-6-8-14(9-7-12)22-16-15(10-20-22)17(23)21(11-19-16)13-4-2-1-3-5-13/h1-11H. The fourth-order valence-electron chi connectivity index (χ4n) is 2.46. The van der Waals surface area contributed by atoms with E-state index in [0.717, 1.165) is 11.4 Å². The minimum atomic E-state index is -0.151. The van der Waals surface area contributed by atoms with Crippen LogP contribution >= 0.6 is 11.6 Å². The molecule has 0 radical (unpaired) electrons. The van der Waals surface area contributed by atoms with Crippen LogP contribution in [0, 0.1) is 0 Å². The van der Waals surface area contributed by atoms with E-state index in [1.54, 1.807) is 23.0 Å². The van der Waals surface area contributed by atoms with E-state index in [2.05, 4.69) is 10.1 Å². The Hall–Kier alpha value is -2.92. The summed E-state index contributed by atoms with van der Waals surface area (Å²) >= 11 is 5.91. The van der Waals surface area contributed by atoms with Crippen molar-refractivity contribution in [2.75, 3.05) is 0 Å². The molecule has 2 aromatic heterocycles. The lowest BCUT2D eigenvalue weighted by molar-refractivity contribution is 0.885. The van der Waals surface area contributed by atoms with Crippen molar-refractivity contribution in [3.8, 4) is 11.4 Å². The summed E-state index contributed by atoms with van der Waals surface area (Å²) in [6.07, 6.45) is 3.06. The largest absolute Gasteiger partial charge is 0.269 e. The predicted molar refractivity (Wildman–Crippen MR) is 89.5 cm³/mol. The van der Waals surface area contributed by atoms with Gasteiger partial charge in [-0.2, -0.15) is 5.10 Å². The molecule has 0 bridgehead atoms. The summed E-state index contributed by atoms with van der Waals surface area (Å²) in [6.45, 7) is 0. The Labute approximate surface area is 136 Å². The third-order valence-corrected chi connectivity index (χ3v) is 3.85. The van der Waals surface area contributed by atoms with E-state index < -0.39 is 0 Å². The number of aromatic nitrogens is 4. The van der Waals surface area contributed by atoms with Gasteiger partial charge in [-0.25, -0.2) is 9.67 Å². The van der Waals surface area contributed by atoms with E-state index in [1.807, 2.05) is 42.5 Å². The minimum absolute atomic E-state index is 0.151. The van der Waals surface area contributed by atoms with Crippen LogP contribution in [0.3, 0.4) is 0 Å². The lowest BCUT2D eigenvalue weighted by Gasteiger charge is -2.06. The van der Waals surface area contributed by atoms with Crippen LogP contribution in [0.4, 0.5) is 0 Å². The highest BCUT2D eigenvalue weighted by atomic mass is 35.5. The lowest BCUT2D eigenvalue weighted by Crippen LogP contribution is -2.18. The number of hydrogen-bond donors (Lipinski definition) is 0. The number of nitrogens with zero attached hydrogens (tertiary/aromatic N) is 4. The first kappa shape index (κ1) is 13.7. The number of rotatable bonds is 2. The molecule has 0 saturated heterocycles. The van der Waals surface area contributed by atoms with Gasteiger partial charge in [0.15, 0.2) is 5.65 Å². The summed E-state index contributed by atoms with van der Waals surface area (Å²) < 4.78 is 3.14. The molecule has 4 aromatic rings. The zero-order chi connectivity index (χ0) is 15.8. The molecular formula is C17H11ClN4O. The van der Waals surface area contributed by atoms with Crippen molar-refractivity contribution in [1.29, 1.82) is 0 Å². The zero-order valence-corrected chi connectivity index (χ0v) is 12.7. The minimum Gasteiger partial charge on any atom is -0.268 e. The molecule has 4 rings (SSSR count). The molecule has 23 heavy (non-hydrogen) atoms.